The predicted octanol–water partition coefficient (Wildman–Crippen LogP) is 4.15. The van der Waals surface area contributed by atoms with Crippen molar-refractivity contribution in [1.82, 2.24) is 5.32 Å². The highest BCUT2D eigenvalue weighted by atomic mass is 16.5. The van der Waals surface area contributed by atoms with Gasteiger partial charge in [0.1, 0.15) is 6.61 Å². The van der Waals surface area contributed by atoms with Gasteiger partial charge in [0.25, 0.3) is 0 Å². The summed E-state index contributed by atoms with van der Waals surface area (Å²) in [7, 11) is 4.75. The molecule has 31 heavy (non-hydrogen) atoms. The van der Waals surface area contributed by atoms with Gasteiger partial charge in [0.05, 0.1) is 27.8 Å². The number of hydrogen-bond acceptors (Lipinski definition) is 5. The van der Waals surface area contributed by atoms with Crippen LogP contribution in [0.25, 0.3) is 0 Å². The first-order valence-corrected chi connectivity index (χ1v) is 9.94. The molecule has 0 spiro atoms. The van der Waals surface area contributed by atoms with Crippen molar-refractivity contribution in [2.75, 3.05) is 21.3 Å². The molecule has 6 nitrogen and oxygen atoms in total. The van der Waals surface area contributed by atoms with Crippen LogP contribution in [-0.2, 0) is 24.4 Å². The zero-order valence-electron chi connectivity index (χ0n) is 18.0. The number of ether oxygens (including phenoxy) is 4. The van der Waals surface area contributed by atoms with E-state index < -0.39 is 0 Å². The molecule has 3 rings (SSSR count). The van der Waals surface area contributed by atoms with Gasteiger partial charge in [0.15, 0.2) is 23.0 Å². The van der Waals surface area contributed by atoms with Crippen LogP contribution in [0.15, 0.2) is 66.7 Å². The van der Waals surface area contributed by atoms with Gasteiger partial charge in [0.2, 0.25) is 5.91 Å². The average molecular weight is 421 g/mol. The molecular formula is C25H27NO5. The van der Waals surface area contributed by atoms with Gasteiger partial charge in [-0.2, -0.15) is 0 Å². The molecule has 0 heterocycles. The van der Waals surface area contributed by atoms with Crippen molar-refractivity contribution in [3.05, 3.63) is 83.4 Å². The fraction of sp³-hybridized carbons (Fsp3) is 0.240. The number of amides is 1. The summed E-state index contributed by atoms with van der Waals surface area (Å²) in [6.45, 7) is 0.847. The monoisotopic (exact) mass is 421 g/mol. The second-order valence-electron chi connectivity index (χ2n) is 6.90. The van der Waals surface area contributed by atoms with Crippen LogP contribution in [0.3, 0.4) is 0 Å². The fourth-order valence-corrected chi connectivity index (χ4v) is 3.12. The van der Waals surface area contributed by atoms with Gasteiger partial charge in [-0.1, -0.05) is 42.5 Å². The van der Waals surface area contributed by atoms with Crippen LogP contribution in [0.1, 0.15) is 16.7 Å². The number of nitrogens with one attached hydrogen (secondary N) is 1. The molecule has 0 atom stereocenters. The Morgan fingerprint density at radius 2 is 1.32 bits per heavy atom. The predicted molar refractivity (Wildman–Crippen MR) is 119 cm³/mol. The first kappa shape index (κ1) is 22.0. The summed E-state index contributed by atoms with van der Waals surface area (Å²) in [6.07, 6.45) is 0.246. The molecule has 3 aromatic rings. The fourth-order valence-electron chi connectivity index (χ4n) is 3.12. The number of carbonyl (C=O) groups is 1. The Labute approximate surface area is 182 Å². The molecule has 162 valence electrons. The summed E-state index contributed by atoms with van der Waals surface area (Å²) < 4.78 is 21.9. The van der Waals surface area contributed by atoms with E-state index in [4.69, 9.17) is 18.9 Å². The minimum Gasteiger partial charge on any atom is -0.493 e. The normalized spacial score (nSPS) is 10.3. The Bertz CT molecular complexity index is 1000. The molecule has 0 saturated carbocycles. The summed E-state index contributed by atoms with van der Waals surface area (Å²) in [5, 5.41) is 2.93. The van der Waals surface area contributed by atoms with Crippen molar-refractivity contribution in [2.45, 2.75) is 19.6 Å². The molecule has 0 radical (unpaired) electrons. The first-order chi connectivity index (χ1) is 15.1. The molecule has 0 saturated heterocycles. The molecule has 0 aliphatic carbocycles. The molecule has 0 fully saturated rings. The zero-order chi connectivity index (χ0) is 22.1. The van der Waals surface area contributed by atoms with Gasteiger partial charge < -0.3 is 24.3 Å². The first-order valence-electron chi connectivity index (χ1n) is 9.94. The summed E-state index contributed by atoms with van der Waals surface area (Å²) >= 11 is 0. The highest BCUT2D eigenvalue weighted by Gasteiger charge is 2.10. The van der Waals surface area contributed by atoms with Crippen LogP contribution < -0.4 is 24.3 Å². The van der Waals surface area contributed by atoms with E-state index in [-0.39, 0.29) is 12.3 Å². The minimum atomic E-state index is -0.0874. The molecule has 6 heteroatoms. The Morgan fingerprint density at radius 1 is 0.710 bits per heavy atom. The van der Waals surface area contributed by atoms with E-state index in [1.54, 1.807) is 33.5 Å². The Kier molecular flexibility index (Phi) is 7.76. The number of hydrogen-bond donors (Lipinski definition) is 1. The van der Waals surface area contributed by atoms with Crippen LogP contribution in [-0.4, -0.2) is 27.2 Å². The van der Waals surface area contributed by atoms with Crippen LogP contribution in [0.5, 0.6) is 23.0 Å². The van der Waals surface area contributed by atoms with Gasteiger partial charge in [0, 0.05) is 6.54 Å². The van der Waals surface area contributed by atoms with Gasteiger partial charge in [-0.25, -0.2) is 0 Å². The quantitative estimate of drug-likeness (QED) is 0.533. The Balaban J connectivity index is 1.56. The second kappa shape index (κ2) is 10.9. The molecule has 3 aromatic carbocycles. The lowest BCUT2D eigenvalue weighted by Gasteiger charge is -2.13. The SMILES string of the molecule is COc1ccc(CC(=O)NCc2ccc(OCc3ccccc3)c(OC)c2)cc1OC. The maximum Gasteiger partial charge on any atom is 0.224 e. The van der Waals surface area contributed by atoms with Crippen molar-refractivity contribution in [1.29, 1.82) is 0 Å². The molecule has 0 unspecified atom stereocenters. The number of benzene rings is 3. The van der Waals surface area contributed by atoms with Crippen molar-refractivity contribution in [3.8, 4) is 23.0 Å². The van der Waals surface area contributed by atoms with Gasteiger partial charge in [-0.15, -0.1) is 0 Å². The maximum atomic E-state index is 12.4. The maximum absolute atomic E-state index is 12.4. The van der Waals surface area contributed by atoms with Gasteiger partial charge in [-0.3, -0.25) is 4.79 Å². The molecule has 0 aliphatic rings. The summed E-state index contributed by atoms with van der Waals surface area (Å²) in [4.78, 5) is 12.4. The van der Waals surface area contributed by atoms with E-state index in [1.165, 1.54) is 0 Å². The Morgan fingerprint density at radius 3 is 2.03 bits per heavy atom. The van der Waals surface area contributed by atoms with Crippen LogP contribution in [0.2, 0.25) is 0 Å². The average Bonchev–Trinajstić information content (AvgIpc) is 2.82. The smallest absolute Gasteiger partial charge is 0.224 e. The molecular weight excluding hydrogens is 394 g/mol. The third kappa shape index (κ3) is 6.15. The number of methoxy groups -OCH3 is 3. The van der Waals surface area contributed by atoms with E-state index in [1.807, 2.05) is 54.6 Å². The van der Waals surface area contributed by atoms with Crippen molar-refractivity contribution in [3.63, 3.8) is 0 Å². The van der Waals surface area contributed by atoms with Crippen LogP contribution >= 0.6 is 0 Å². The van der Waals surface area contributed by atoms with E-state index in [0.717, 1.165) is 16.7 Å². The van der Waals surface area contributed by atoms with Crippen molar-refractivity contribution < 1.29 is 23.7 Å². The van der Waals surface area contributed by atoms with Gasteiger partial charge in [-0.05, 0) is 41.0 Å². The van der Waals surface area contributed by atoms with Gasteiger partial charge >= 0.3 is 0 Å². The topological polar surface area (TPSA) is 66.0 Å². The largest absolute Gasteiger partial charge is 0.493 e. The number of carbonyl (C=O) groups excluding carboxylic acids is 1. The molecule has 1 amide bonds. The third-order valence-electron chi connectivity index (χ3n) is 4.77. The molecule has 0 aliphatic heterocycles. The highest BCUT2D eigenvalue weighted by molar-refractivity contribution is 5.78. The van der Waals surface area contributed by atoms with E-state index in [0.29, 0.717) is 36.1 Å². The highest BCUT2D eigenvalue weighted by Crippen LogP contribution is 2.29. The summed E-state index contributed by atoms with van der Waals surface area (Å²) in [5.74, 6) is 2.43. The lowest BCUT2D eigenvalue weighted by atomic mass is 10.1. The second-order valence-corrected chi connectivity index (χ2v) is 6.90. The van der Waals surface area contributed by atoms with E-state index in [2.05, 4.69) is 5.32 Å². The number of rotatable bonds is 10. The van der Waals surface area contributed by atoms with Crippen molar-refractivity contribution in [2.24, 2.45) is 0 Å². The molecule has 1 N–H and O–H groups in total. The lowest BCUT2D eigenvalue weighted by molar-refractivity contribution is -0.120. The van der Waals surface area contributed by atoms with E-state index >= 15 is 0 Å². The lowest BCUT2D eigenvalue weighted by Crippen LogP contribution is -2.24. The molecule has 0 bridgehead atoms. The minimum absolute atomic E-state index is 0.0874. The standard InChI is InChI=1S/C25H27NO5/c1-28-21-11-9-19(13-23(21)29-2)15-25(27)26-16-20-10-12-22(24(14-20)30-3)31-17-18-7-5-4-6-8-18/h4-14H,15-17H2,1-3H3,(H,26,27). The summed E-state index contributed by atoms with van der Waals surface area (Å²) in [5.41, 5.74) is 2.85. The van der Waals surface area contributed by atoms with Crippen molar-refractivity contribution >= 4 is 5.91 Å². The summed E-state index contributed by atoms with van der Waals surface area (Å²) in [6, 6.07) is 21.0. The van der Waals surface area contributed by atoms with Crippen LogP contribution in [0, 0.1) is 0 Å². The zero-order valence-corrected chi connectivity index (χ0v) is 18.0. The Hall–Kier alpha value is -3.67. The van der Waals surface area contributed by atoms with Crippen LogP contribution in [0.4, 0.5) is 0 Å². The van der Waals surface area contributed by atoms with E-state index in [9.17, 15) is 4.79 Å². The third-order valence-corrected chi connectivity index (χ3v) is 4.77. The molecule has 0 aromatic heterocycles.